The van der Waals surface area contributed by atoms with Gasteiger partial charge in [-0.15, -0.1) is 0 Å². The van der Waals surface area contributed by atoms with Crippen molar-refractivity contribution in [3.8, 4) is 0 Å². The molecule has 0 bridgehead atoms. The zero-order chi connectivity index (χ0) is 27.8. The summed E-state index contributed by atoms with van der Waals surface area (Å²) in [6.07, 6.45) is 0. The van der Waals surface area contributed by atoms with Crippen LogP contribution in [-0.2, 0) is 10.2 Å². The summed E-state index contributed by atoms with van der Waals surface area (Å²) in [6, 6.07) is 28.7. The van der Waals surface area contributed by atoms with Gasteiger partial charge in [0.1, 0.15) is 5.54 Å². The van der Waals surface area contributed by atoms with Gasteiger partial charge in [-0.1, -0.05) is 72.8 Å². The van der Waals surface area contributed by atoms with Gasteiger partial charge in [-0.05, 0) is 28.8 Å². The molecule has 0 radical (unpaired) electrons. The second-order valence-corrected chi connectivity index (χ2v) is 9.25. The average molecular weight is 523 g/mol. The molecular weight excluding hydrogens is 500 g/mol. The minimum absolute atomic E-state index is 0.160. The highest BCUT2D eigenvalue weighted by Gasteiger charge is 2.82. The Morgan fingerprint density at radius 2 is 1.13 bits per heavy atom. The van der Waals surface area contributed by atoms with Gasteiger partial charge < -0.3 is 11.1 Å². The molecule has 0 aliphatic heterocycles. The van der Waals surface area contributed by atoms with E-state index in [2.05, 4.69) is 5.32 Å². The number of nitro groups is 2. The Hall–Kier alpha value is -5.38. The van der Waals surface area contributed by atoms with E-state index in [4.69, 9.17) is 5.73 Å². The van der Waals surface area contributed by atoms with E-state index in [1.807, 2.05) is 0 Å². The number of non-ortho nitro benzene ring substituents is 2. The maximum absolute atomic E-state index is 13.5. The van der Waals surface area contributed by atoms with Crippen LogP contribution in [0.2, 0.25) is 0 Å². The van der Waals surface area contributed by atoms with Crippen LogP contribution in [0.1, 0.15) is 33.0 Å². The van der Waals surface area contributed by atoms with Crippen molar-refractivity contribution >= 4 is 23.2 Å². The number of rotatable bonds is 8. The van der Waals surface area contributed by atoms with Crippen molar-refractivity contribution < 1.29 is 19.4 Å². The molecule has 10 nitrogen and oxygen atoms in total. The summed E-state index contributed by atoms with van der Waals surface area (Å²) in [6.45, 7) is 0. The van der Waals surface area contributed by atoms with Gasteiger partial charge in [0.05, 0.1) is 15.3 Å². The van der Waals surface area contributed by atoms with E-state index in [-0.39, 0.29) is 11.4 Å². The van der Waals surface area contributed by atoms with Crippen molar-refractivity contribution in [2.45, 2.75) is 16.9 Å². The first-order chi connectivity index (χ1) is 18.7. The lowest BCUT2D eigenvalue weighted by atomic mass is 9.81. The predicted octanol–water partition coefficient (Wildman–Crippen LogP) is 4.24. The van der Waals surface area contributed by atoms with Gasteiger partial charge >= 0.3 is 0 Å². The maximum Gasteiger partial charge on any atom is 0.269 e. The highest BCUT2D eigenvalue weighted by molar-refractivity contribution is 6.05. The summed E-state index contributed by atoms with van der Waals surface area (Å²) < 4.78 is 0. The molecule has 39 heavy (non-hydrogen) atoms. The molecule has 4 aromatic rings. The van der Waals surface area contributed by atoms with Crippen LogP contribution in [0, 0.1) is 20.2 Å². The molecule has 1 aliphatic rings. The number of hydrogen-bond donors (Lipinski definition) is 2. The number of carbonyl (C=O) groups excluding carboxylic acids is 2. The fourth-order valence-electron chi connectivity index (χ4n) is 5.68. The zero-order valence-corrected chi connectivity index (χ0v) is 20.4. The van der Waals surface area contributed by atoms with Crippen LogP contribution in [0.4, 0.5) is 11.4 Å². The SMILES string of the molecule is NC(=O)[C@@]1(NC(=O)c2ccccc2)[C@H](c2ccccc2)C1(c1ccc([N+](=O)[O-])cc1)c1ccc([N+](=O)[O-])cc1. The third-order valence-corrected chi connectivity index (χ3v) is 7.34. The summed E-state index contributed by atoms with van der Waals surface area (Å²) >= 11 is 0. The lowest BCUT2D eigenvalue weighted by Crippen LogP contribution is -2.52. The summed E-state index contributed by atoms with van der Waals surface area (Å²) in [5, 5.41) is 25.7. The van der Waals surface area contributed by atoms with E-state index in [1.165, 1.54) is 48.5 Å². The number of benzene rings is 4. The van der Waals surface area contributed by atoms with Crippen LogP contribution in [0.25, 0.3) is 0 Å². The normalized spacial score (nSPS) is 19.0. The number of primary amides is 1. The summed E-state index contributed by atoms with van der Waals surface area (Å²) in [7, 11) is 0. The smallest absolute Gasteiger partial charge is 0.269 e. The molecule has 0 saturated heterocycles. The highest BCUT2D eigenvalue weighted by atomic mass is 16.6. The lowest BCUT2D eigenvalue weighted by Gasteiger charge is -2.25. The topological polar surface area (TPSA) is 158 Å². The molecule has 1 aliphatic carbocycles. The number of carbonyl (C=O) groups is 2. The minimum Gasteiger partial charge on any atom is -0.368 e. The van der Waals surface area contributed by atoms with E-state index >= 15 is 0 Å². The van der Waals surface area contributed by atoms with Gasteiger partial charge in [-0.2, -0.15) is 0 Å². The number of nitrogens with two attached hydrogens (primary N) is 1. The van der Waals surface area contributed by atoms with E-state index in [0.717, 1.165) is 0 Å². The van der Waals surface area contributed by atoms with E-state index in [9.17, 15) is 29.8 Å². The van der Waals surface area contributed by atoms with Crippen LogP contribution < -0.4 is 11.1 Å². The summed E-state index contributed by atoms with van der Waals surface area (Å²) in [5.74, 6) is -2.10. The van der Waals surface area contributed by atoms with Crippen LogP contribution >= 0.6 is 0 Å². The Bertz CT molecular complexity index is 1520. The largest absolute Gasteiger partial charge is 0.368 e. The Balaban J connectivity index is 1.79. The number of nitrogens with zero attached hydrogens (tertiary/aromatic N) is 2. The molecule has 2 atom stereocenters. The highest BCUT2D eigenvalue weighted by Crippen LogP contribution is 2.71. The molecule has 5 rings (SSSR count). The van der Waals surface area contributed by atoms with Crippen LogP contribution in [-0.4, -0.2) is 27.2 Å². The quantitative estimate of drug-likeness (QED) is 0.260. The van der Waals surface area contributed by atoms with Crippen LogP contribution in [0.15, 0.2) is 109 Å². The van der Waals surface area contributed by atoms with Crippen LogP contribution in [0.3, 0.4) is 0 Å². The fourth-order valence-corrected chi connectivity index (χ4v) is 5.68. The average Bonchev–Trinajstić information content (AvgIpc) is 3.58. The van der Waals surface area contributed by atoms with Gasteiger partial charge in [0.25, 0.3) is 17.3 Å². The Kier molecular flexibility index (Phi) is 6.15. The van der Waals surface area contributed by atoms with Gasteiger partial charge in [0, 0.05) is 35.7 Å². The van der Waals surface area contributed by atoms with E-state index in [0.29, 0.717) is 22.3 Å². The number of amides is 2. The molecular formula is C29H22N4O6. The van der Waals surface area contributed by atoms with Crippen molar-refractivity contribution in [2.75, 3.05) is 0 Å². The first kappa shape index (κ1) is 25.3. The van der Waals surface area contributed by atoms with E-state index in [1.54, 1.807) is 60.7 Å². The molecule has 1 fully saturated rings. The minimum atomic E-state index is -1.71. The van der Waals surface area contributed by atoms with Crippen molar-refractivity contribution in [1.29, 1.82) is 0 Å². The maximum atomic E-state index is 13.5. The van der Waals surface area contributed by atoms with Gasteiger partial charge in [0.2, 0.25) is 5.91 Å². The first-order valence-electron chi connectivity index (χ1n) is 12.0. The zero-order valence-electron chi connectivity index (χ0n) is 20.4. The number of nitro benzene ring substituents is 2. The van der Waals surface area contributed by atoms with Crippen LogP contribution in [0.5, 0.6) is 0 Å². The Morgan fingerprint density at radius 1 is 0.692 bits per heavy atom. The second kappa shape index (κ2) is 9.49. The van der Waals surface area contributed by atoms with Gasteiger partial charge in [-0.25, -0.2) is 0 Å². The molecule has 194 valence electrons. The fraction of sp³-hybridized carbons (Fsp3) is 0.103. The monoisotopic (exact) mass is 522 g/mol. The molecule has 0 unspecified atom stereocenters. The predicted molar refractivity (Wildman–Crippen MR) is 142 cm³/mol. The van der Waals surface area contributed by atoms with Crippen molar-refractivity contribution in [3.05, 3.63) is 152 Å². The lowest BCUT2D eigenvalue weighted by molar-refractivity contribution is -0.385. The van der Waals surface area contributed by atoms with Crippen molar-refractivity contribution in [2.24, 2.45) is 5.73 Å². The number of nitrogens with one attached hydrogen (secondary N) is 1. The summed E-state index contributed by atoms with van der Waals surface area (Å²) in [4.78, 5) is 48.7. The van der Waals surface area contributed by atoms with Crippen molar-refractivity contribution in [3.63, 3.8) is 0 Å². The van der Waals surface area contributed by atoms with Gasteiger partial charge in [0.15, 0.2) is 0 Å². The molecule has 0 aromatic heterocycles. The number of hydrogen-bond acceptors (Lipinski definition) is 6. The van der Waals surface area contributed by atoms with Crippen molar-refractivity contribution in [1.82, 2.24) is 5.32 Å². The standard InChI is InChI=1S/C29H22N4O6/c30-27(35)29(31-26(34)20-9-5-2-6-10-20)25(19-7-3-1-4-8-19)28(29,21-11-15-23(16-12-21)32(36)37)22-13-17-24(18-14-22)33(38)39/h1-18,25H,(H2,30,35)(H,31,34)/t25-,29+/m1/s1. The molecule has 1 saturated carbocycles. The molecule has 4 aromatic carbocycles. The summed E-state index contributed by atoms with van der Waals surface area (Å²) in [5.41, 5.74) is 4.69. The Labute approximate surface area is 222 Å². The third kappa shape index (κ3) is 3.89. The Morgan fingerprint density at radius 3 is 1.54 bits per heavy atom. The van der Waals surface area contributed by atoms with E-state index < -0.39 is 38.5 Å². The molecule has 3 N–H and O–H groups in total. The molecule has 2 amide bonds. The third-order valence-electron chi connectivity index (χ3n) is 7.34. The molecule has 0 heterocycles. The first-order valence-corrected chi connectivity index (χ1v) is 12.0. The molecule has 0 spiro atoms. The molecule has 10 heteroatoms. The van der Waals surface area contributed by atoms with Gasteiger partial charge in [-0.3, -0.25) is 29.8 Å². The second-order valence-electron chi connectivity index (χ2n) is 9.25.